The molecule has 0 heterocycles. The van der Waals surface area contributed by atoms with Gasteiger partial charge in [0.2, 0.25) is 0 Å². The van der Waals surface area contributed by atoms with Crippen LogP contribution in [0.5, 0.6) is 0 Å². The summed E-state index contributed by atoms with van der Waals surface area (Å²) >= 11 is 4.43. The first-order chi connectivity index (χ1) is 8.54. The van der Waals surface area contributed by atoms with Crippen LogP contribution in [0.15, 0.2) is 0 Å². The molecule has 2 N–H and O–H groups in total. The molecule has 0 aromatic heterocycles. The number of halogens is 1. The van der Waals surface area contributed by atoms with E-state index in [4.69, 9.17) is 0 Å². The maximum atomic E-state index is 4.43. The van der Waals surface area contributed by atoms with Gasteiger partial charge in [0.25, 0.3) is 0 Å². The molecule has 0 spiro atoms. The zero-order valence-corrected chi connectivity index (χ0v) is 16.3. The van der Waals surface area contributed by atoms with Crippen LogP contribution < -0.4 is 0 Å². The summed E-state index contributed by atoms with van der Waals surface area (Å²) in [5.41, 5.74) is 0. The van der Waals surface area contributed by atoms with Crippen molar-refractivity contribution in [2.45, 2.75) is 79.1 Å². The first kappa shape index (κ1) is 22.2. The Hall–Kier alpha value is 0.870. The van der Waals surface area contributed by atoms with Crippen molar-refractivity contribution in [3.05, 3.63) is 0 Å². The Morgan fingerprint density at radius 2 is 0.789 bits per heavy atom. The van der Waals surface area contributed by atoms with E-state index in [1.165, 1.54) is 76.0 Å². The van der Waals surface area contributed by atoms with E-state index in [2.05, 4.69) is 43.2 Å². The summed E-state index contributed by atoms with van der Waals surface area (Å²) in [5.74, 6) is 0. The molecule has 1 nitrogen and oxygen atoms in total. The number of unbranched alkanes of at least 4 members (excludes halogenated alkanes) is 4. The molecule has 0 aromatic rings. The molecule has 0 aliphatic heterocycles. The zero-order chi connectivity index (χ0) is 13.9. The molecule has 0 bridgehead atoms. The zero-order valence-electron chi connectivity index (χ0n) is 13.8. The van der Waals surface area contributed by atoms with E-state index in [0.717, 1.165) is 0 Å². The summed E-state index contributed by atoms with van der Waals surface area (Å²) in [4.78, 5) is 0. The number of rotatable bonds is 12. The normalized spacial score (nSPS) is 13.6. The van der Waals surface area contributed by atoms with Crippen molar-refractivity contribution in [2.24, 2.45) is 0 Å². The maximum absolute atomic E-state index is 4.43. The van der Waals surface area contributed by atoms with E-state index >= 15 is 0 Å². The largest absolute Gasteiger partial charge is 0.412 e. The maximum Gasteiger partial charge on any atom is -0.412 e. The second kappa shape index (κ2) is 11.5. The summed E-state index contributed by atoms with van der Waals surface area (Å²) < 4.78 is 0. The fourth-order valence-electron chi connectivity index (χ4n) is 2.88. The summed E-state index contributed by atoms with van der Waals surface area (Å²) in [6.45, 7) is 9.36. The van der Waals surface area contributed by atoms with E-state index in [1.54, 1.807) is 0 Å². The average molecular weight is 357 g/mol. The predicted octanol–water partition coefficient (Wildman–Crippen LogP) is 6.23. The van der Waals surface area contributed by atoms with Crippen LogP contribution in [0.3, 0.4) is 0 Å². The van der Waals surface area contributed by atoms with Crippen molar-refractivity contribution in [3.63, 3.8) is 0 Å². The van der Waals surface area contributed by atoms with Gasteiger partial charge in [0, 0.05) is 0 Å². The van der Waals surface area contributed by atoms with Crippen LogP contribution in [0.4, 0.5) is 0 Å². The predicted molar refractivity (Wildman–Crippen MR) is 98.6 cm³/mol. The van der Waals surface area contributed by atoms with Gasteiger partial charge in [0.15, 0.2) is 0 Å². The van der Waals surface area contributed by atoms with Crippen LogP contribution in [0.25, 0.3) is 0 Å². The van der Waals surface area contributed by atoms with Crippen molar-refractivity contribution in [3.8, 4) is 0 Å². The summed E-state index contributed by atoms with van der Waals surface area (Å²) in [7, 11) is 0. The first-order valence-corrected chi connectivity index (χ1v) is 13.3. The van der Waals surface area contributed by atoms with E-state index in [9.17, 15) is 0 Å². The molecule has 0 rings (SSSR count). The monoisotopic (exact) mass is 356 g/mol. The molecule has 0 amide bonds. The van der Waals surface area contributed by atoms with Gasteiger partial charge in [-0.05, 0) is 0 Å². The van der Waals surface area contributed by atoms with Gasteiger partial charge in [-0.15, -0.1) is 0 Å². The minimum atomic E-state index is -1.55. The molecule has 19 heavy (non-hydrogen) atoms. The summed E-state index contributed by atoms with van der Waals surface area (Å²) in [5, 5.41) is -1.55. The van der Waals surface area contributed by atoms with Crippen molar-refractivity contribution in [1.29, 1.82) is 0 Å². The second-order valence-electron chi connectivity index (χ2n) is 6.13. The molecule has 0 atom stereocenters. The quantitative estimate of drug-likeness (QED) is 0.371. The van der Waals surface area contributed by atoms with Gasteiger partial charge in [-0.3, -0.25) is 0 Å². The smallest absolute Gasteiger partial charge is 0.412 e. The molecule has 0 radical (unpaired) electrons. The van der Waals surface area contributed by atoms with Crippen molar-refractivity contribution >= 4 is 20.8 Å². The SMILES string of the molecule is CCCCP(Br)(CCCC)(CCCC)CCCC.O. The Labute approximate surface area is 130 Å². The molecule has 0 unspecified atom stereocenters. The van der Waals surface area contributed by atoms with Crippen LogP contribution in [-0.2, 0) is 0 Å². The summed E-state index contributed by atoms with van der Waals surface area (Å²) in [6.07, 6.45) is 17.2. The van der Waals surface area contributed by atoms with E-state index in [-0.39, 0.29) is 5.48 Å². The molecular formula is C16H38BrOP. The minimum Gasteiger partial charge on any atom is -0.412 e. The molecule has 120 valence electrons. The Morgan fingerprint density at radius 1 is 0.579 bits per heavy atom. The minimum absolute atomic E-state index is 0. The van der Waals surface area contributed by atoms with Crippen molar-refractivity contribution < 1.29 is 5.48 Å². The Morgan fingerprint density at radius 3 is 0.947 bits per heavy atom. The Bertz CT molecular complexity index is 165. The molecular weight excluding hydrogens is 319 g/mol. The van der Waals surface area contributed by atoms with Gasteiger partial charge in [0.05, 0.1) is 0 Å². The van der Waals surface area contributed by atoms with Gasteiger partial charge < -0.3 is 5.48 Å². The van der Waals surface area contributed by atoms with Crippen LogP contribution in [0.2, 0.25) is 0 Å². The molecule has 0 fully saturated rings. The summed E-state index contributed by atoms with van der Waals surface area (Å²) in [6, 6.07) is 0. The standard InChI is InChI=1S/C16H36BrP.H2O/c1-5-9-13-18(17,14-10-6-2,15-11-7-3)16-12-8-4;/h5-16H2,1-4H3;1H2. The molecule has 3 heteroatoms. The van der Waals surface area contributed by atoms with E-state index in [0.29, 0.717) is 0 Å². The Balaban J connectivity index is 0. The number of hydrogen-bond acceptors (Lipinski definition) is 0. The topological polar surface area (TPSA) is 31.5 Å². The van der Waals surface area contributed by atoms with Crippen molar-refractivity contribution in [2.75, 3.05) is 24.6 Å². The van der Waals surface area contributed by atoms with E-state index in [1.807, 2.05) is 0 Å². The second-order valence-corrected chi connectivity index (χ2v) is 17.6. The number of hydrogen-bond donors (Lipinski definition) is 0. The van der Waals surface area contributed by atoms with Crippen LogP contribution in [0, 0.1) is 0 Å². The Kier molecular flexibility index (Phi) is 13.4. The molecule has 0 aromatic carbocycles. The molecule has 0 saturated heterocycles. The van der Waals surface area contributed by atoms with Gasteiger partial charge in [0.1, 0.15) is 0 Å². The van der Waals surface area contributed by atoms with Gasteiger partial charge in [-0.2, -0.15) is 0 Å². The first-order valence-electron chi connectivity index (χ1n) is 8.26. The molecule has 0 aliphatic carbocycles. The van der Waals surface area contributed by atoms with Gasteiger partial charge in [-0.1, -0.05) is 0 Å². The third kappa shape index (κ3) is 8.68. The van der Waals surface area contributed by atoms with Crippen LogP contribution in [-0.4, -0.2) is 30.1 Å². The molecule has 0 saturated carbocycles. The van der Waals surface area contributed by atoms with Crippen LogP contribution in [0.1, 0.15) is 79.1 Å². The van der Waals surface area contributed by atoms with Gasteiger partial charge >= 0.3 is 125 Å². The van der Waals surface area contributed by atoms with E-state index < -0.39 is 5.31 Å². The van der Waals surface area contributed by atoms with Crippen molar-refractivity contribution in [1.82, 2.24) is 0 Å². The fourth-order valence-corrected chi connectivity index (χ4v) is 11.7. The molecule has 0 aliphatic rings. The third-order valence-corrected chi connectivity index (χ3v) is 14.3. The fraction of sp³-hybridized carbons (Fsp3) is 1.00. The average Bonchev–Trinajstić information content (AvgIpc) is 2.40. The van der Waals surface area contributed by atoms with Gasteiger partial charge in [-0.25, -0.2) is 0 Å². The van der Waals surface area contributed by atoms with Crippen LogP contribution >= 0.6 is 20.8 Å². The third-order valence-electron chi connectivity index (χ3n) is 4.28.